The van der Waals surface area contributed by atoms with Gasteiger partial charge in [0.2, 0.25) is 5.91 Å². The lowest BCUT2D eigenvalue weighted by Gasteiger charge is -2.11. The van der Waals surface area contributed by atoms with Crippen LogP contribution in [-0.2, 0) is 17.9 Å². The summed E-state index contributed by atoms with van der Waals surface area (Å²) < 4.78 is 11.6. The molecule has 1 aromatic heterocycles. The highest BCUT2D eigenvalue weighted by Gasteiger charge is 2.13. The number of nitrogens with one attached hydrogen (secondary N) is 2. The van der Waals surface area contributed by atoms with Crippen molar-refractivity contribution in [2.24, 2.45) is 0 Å². The van der Waals surface area contributed by atoms with Crippen molar-refractivity contribution in [3.8, 4) is 11.5 Å². The largest absolute Gasteiger partial charge is 0.493 e. The number of nitrogens with zero attached hydrogens (tertiary/aromatic N) is 1. The van der Waals surface area contributed by atoms with Gasteiger partial charge in [0.05, 0.1) is 25.1 Å². The predicted octanol–water partition coefficient (Wildman–Crippen LogP) is 2.92. The second kappa shape index (κ2) is 10.9. The molecule has 0 atom stereocenters. The third-order valence-electron chi connectivity index (χ3n) is 5.17. The molecule has 0 unspecified atom stereocenters. The van der Waals surface area contributed by atoms with E-state index >= 15 is 0 Å². The lowest BCUT2D eigenvalue weighted by molar-refractivity contribution is -0.121. The maximum atomic E-state index is 12.8. The number of hydrogen-bond donors (Lipinski definition) is 2. The number of rotatable bonds is 10. The third kappa shape index (κ3) is 5.53. The van der Waals surface area contributed by atoms with Gasteiger partial charge < -0.3 is 19.8 Å². The van der Waals surface area contributed by atoms with Crippen molar-refractivity contribution in [3.63, 3.8) is 0 Å². The van der Waals surface area contributed by atoms with Gasteiger partial charge in [-0.25, -0.2) is 4.79 Å². The Morgan fingerprint density at radius 1 is 1.06 bits per heavy atom. The van der Waals surface area contributed by atoms with Crippen molar-refractivity contribution in [2.45, 2.75) is 37.2 Å². The van der Waals surface area contributed by atoms with E-state index in [0.29, 0.717) is 48.2 Å². The van der Waals surface area contributed by atoms with Crippen LogP contribution in [0.2, 0.25) is 0 Å². The van der Waals surface area contributed by atoms with Crippen LogP contribution in [0.25, 0.3) is 10.9 Å². The average molecular weight is 458 g/mol. The van der Waals surface area contributed by atoms with Crippen LogP contribution >= 0.6 is 11.8 Å². The lowest BCUT2D eigenvalue weighted by Crippen LogP contribution is -2.35. The summed E-state index contributed by atoms with van der Waals surface area (Å²) in [4.78, 5) is 41.2. The van der Waals surface area contributed by atoms with Gasteiger partial charge in [0, 0.05) is 30.5 Å². The number of methoxy groups -OCH3 is 2. The van der Waals surface area contributed by atoms with Gasteiger partial charge >= 0.3 is 5.69 Å². The van der Waals surface area contributed by atoms with Crippen LogP contribution in [0.4, 0.5) is 0 Å². The summed E-state index contributed by atoms with van der Waals surface area (Å²) in [5.41, 5.74) is 0.534. The highest BCUT2D eigenvalue weighted by atomic mass is 32.2. The van der Waals surface area contributed by atoms with Crippen molar-refractivity contribution in [1.29, 1.82) is 0 Å². The molecule has 9 heteroatoms. The molecule has 1 amide bonds. The quantitative estimate of drug-likeness (QED) is 0.359. The van der Waals surface area contributed by atoms with E-state index in [0.717, 1.165) is 10.1 Å². The molecule has 0 fully saturated rings. The second-order valence-electron chi connectivity index (χ2n) is 7.22. The molecule has 3 aromatic rings. The van der Waals surface area contributed by atoms with Crippen LogP contribution in [0, 0.1) is 0 Å². The molecule has 0 bridgehead atoms. The van der Waals surface area contributed by atoms with E-state index in [1.807, 2.05) is 30.5 Å². The number of fused-ring (bicyclic) bond motifs is 1. The van der Waals surface area contributed by atoms with E-state index in [-0.39, 0.29) is 12.5 Å². The van der Waals surface area contributed by atoms with E-state index in [2.05, 4.69) is 10.3 Å². The molecular weight excluding hydrogens is 430 g/mol. The summed E-state index contributed by atoms with van der Waals surface area (Å²) in [5, 5.41) is 3.24. The Hall–Kier alpha value is -3.20. The van der Waals surface area contributed by atoms with E-state index in [9.17, 15) is 14.4 Å². The molecule has 2 aromatic carbocycles. The first-order valence-electron chi connectivity index (χ1n) is 10.2. The van der Waals surface area contributed by atoms with E-state index in [1.54, 1.807) is 23.9 Å². The van der Waals surface area contributed by atoms with Crippen LogP contribution < -0.4 is 26.0 Å². The number of carbonyl (C=O) groups excluding carboxylic acids is 1. The summed E-state index contributed by atoms with van der Waals surface area (Å²) in [7, 11) is 2.97. The monoisotopic (exact) mass is 457 g/mol. The number of thioether (sulfide) groups is 1. The Morgan fingerprint density at radius 2 is 1.75 bits per heavy atom. The second-order valence-corrected chi connectivity index (χ2v) is 8.10. The van der Waals surface area contributed by atoms with E-state index in [1.165, 1.54) is 19.1 Å². The zero-order valence-electron chi connectivity index (χ0n) is 18.4. The molecule has 170 valence electrons. The summed E-state index contributed by atoms with van der Waals surface area (Å²) >= 11 is 1.67. The fourth-order valence-corrected chi connectivity index (χ4v) is 3.78. The van der Waals surface area contributed by atoms with Crippen molar-refractivity contribution in [3.05, 3.63) is 62.8 Å². The number of unbranched alkanes of at least 4 members (excludes halogenated alkanes) is 1. The molecule has 0 spiro atoms. The summed E-state index contributed by atoms with van der Waals surface area (Å²) in [6.45, 7) is 0.699. The van der Waals surface area contributed by atoms with Gasteiger partial charge in [-0.2, -0.15) is 0 Å². The topological polar surface area (TPSA) is 102 Å². The van der Waals surface area contributed by atoms with Gasteiger partial charge in [-0.1, -0.05) is 12.1 Å². The number of aromatic amines is 1. The van der Waals surface area contributed by atoms with Crippen LogP contribution in [0.3, 0.4) is 0 Å². The summed E-state index contributed by atoms with van der Waals surface area (Å²) in [6, 6.07) is 11.2. The zero-order valence-corrected chi connectivity index (χ0v) is 19.2. The molecular formula is C23H27N3O5S. The van der Waals surface area contributed by atoms with Crippen molar-refractivity contribution in [2.75, 3.05) is 20.5 Å². The molecule has 0 saturated carbocycles. The number of ether oxygens (including phenoxy) is 2. The first-order chi connectivity index (χ1) is 15.5. The molecule has 3 rings (SSSR count). The number of aromatic nitrogens is 2. The van der Waals surface area contributed by atoms with Gasteiger partial charge in [-0.05, 0) is 42.9 Å². The maximum absolute atomic E-state index is 12.8. The molecule has 0 saturated heterocycles. The van der Waals surface area contributed by atoms with Crippen LogP contribution in [0.1, 0.15) is 24.8 Å². The maximum Gasteiger partial charge on any atom is 0.328 e. The number of benzene rings is 2. The van der Waals surface area contributed by atoms with Crippen molar-refractivity contribution < 1.29 is 14.3 Å². The third-order valence-corrected chi connectivity index (χ3v) is 5.91. The Kier molecular flexibility index (Phi) is 7.99. The zero-order chi connectivity index (χ0) is 23.1. The SMILES string of the molecule is COc1cc2[nH]c(=O)n(CCCCC(=O)NCc3ccc(SC)cc3)c(=O)c2cc1OC. The van der Waals surface area contributed by atoms with Gasteiger partial charge in [0.25, 0.3) is 5.56 Å². The lowest BCUT2D eigenvalue weighted by atomic mass is 10.2. The van der Waals surface area contributed by atoms with E-state index in [4.69, 9.17) is 9.47 Å². The first kappa shape index (κ1) is 23.5. The standard InChI is InChI=1S/C23H27N3O5S/c1-30-19-12-17-18(13-20(19)31-2)25-23(29)26(22(17)28)11-5-4-6-21(27)24-14-15-7-9-16(32-3)10-8-15/h7-10,12-13H,4-6,11,14H2,1-3H3,(H,24,27)(H,25,29). The van der Waals surface area contributed by atoms with Crippen LogP contribution in [0.5, 0.6) is 11.5 Å². The molecule has 2 N–H and O–H groups in total. The Labute approximate surface area is 189 Å². The molecule has 0 aliphatic rings. The Bertz CT molecular complexity index is 1200. The summed E-state index contributed by atoms with van der Waals surface area (Å²) in [5.74, 6) is 0.782. The smallest absolute Gasteiger partial charge is 0.328 e. The van der Waals surface area contributed by atoms with Crippen molar-refractivity contribution >= 4 is 28.6 Å². The minimum atomic E-state index is -0.493. The molecule has 0 radical (unpaired) electrons. The van der Waals surface area contributed by atoms with Gasteiger partial charge in [-0.3, -0.25) is 14.2 Å². The number of amides is 1. The predicted molar refractivity (Wildman–Crippen MR) is 126 cm³/mol. The fourth-order valence-electron chi connectivity index (χ4n) is 3.37. The average Bonchev–Trinajstić information content (AvgIpc) is 2.81. The highest BCUT2D eigenvalue weighted by Crippen LogP contribution is 2.29. The van der Waals surface area contributed by atoms with E-state index < -0.39 is 11.2 Å². The Balaban J connectivity index is 1.57. The van der Waals surface area contributed by atoms with Crippen molar-refractivity contribution in [1.82, 2.24) is 14.9 Å². The first-order valence-corrected chi connectivity index (χ1v) is 11.5. The highest BCUT2D eigenvalue weighted by molar-refractivity contribution is 7.98. The van der Waals surface area contributed by atoms with Gasteiger partial charge in [0.1, 0.15) is 0 Å². The molecule has 8 nitrogen and oxygen atoms in total. The molecule has 0 aliphatic carbocycles. The minimum absolute atomic E-state index is 0.0597. The minimum Gasteiger partial charge on any atom is -0.493 e. The molecule has 1 heterocycles. The fraction of sp³-hybridized carbons (Fsp3) is 0.348. The van der Waals surface area contributed by atoms with Gasteiger partial charge in [-0.15, -0.1) is 11.8 Å². The van der Waals surface area contributed by atoms with Crippen LogP contribution in [0.15, 0.2) is 50.9 Å². The number of H-pyrrole nitrogens is 1. The molecule has 32 heavy (non-hydrogen) atoms. The summed E-state index contributed by atoms with van der Waals surface area (Å²) in [6.07, 6.45) is 3.43. The normalized spacial score (nSPS) is 10.8. The number of carbonyl (C=O) groups is 1. The number of hydrogen-bond acceptors (Lipinski definition) is 6. The van der Waals surface area contributed by atoms with Crippen LogP contribution in [-0.4, -0.2) is 35.9 Å². The molecule has 0 aliphatic heterocycles. The Morgan fingerprint density at radius 3 is 2.41 bits per heavy atom. The van der Waals surface area contributed by atoms with Gasteiger partial charge in [0.15, 0.2) is 11.5 Å².